The van der Waals surface area contributed by atoms with E-state index >= 15 is 0 Å². The Bertz CT molecular complexity index is 386. The van der Waals surface area contributed by atoms with Crippen LogP contribution >= 0.6 is 0 Å². The van der Waals surface area contributed by atoms with Gasteiger partial charge < -0.3 is 10.5 Å². The van der Waals surface area contributed by atoms with Crippen LogP contribution in [-0.2, 0) is 0 Å². The van der Waals surface area contributed by atoms with E-state index in [0.717, 1.165) is 31.2 Å². The van der Waals surface area contributed by atoms with Crippen LogP contribution in [-0.4, -0.2) is 31.1 Å². The van der Waals surface area contributed by atoms with Crippen molar-refractivity contribution in [2.24, 2.45) is 11.7 Å². The molecule has 2 rings (SSSR count). The van der Waals surface area contributed by atoms with Crippen molar-refractivity contribution in [2.45, 2.75) is 39.2 Å². The van der Waals surface area contributed by atoms with E-state index in [1.165, 1.54) is 24.9 Å². The molecule has 1 aromatic rings. The quantitative estimate of drug-likeness (QED) is 0.752. The summed E-state index contributed by atoms with van der Waals surface area (Å²) in [6, 6.07) is 8.80. The van der Waals surface area contributed by atoms with Crippen molar-refractivity contribution >= 4 is 0 Å². The zero-order valence-electron chi connectivity index (χ0n) is 12.8. The van der Waals surface area contributed by atoms with E-state index in [9.17, 15) is 0 Å². The third-order valence-electron chi connectivity index (χ3n) is 4.00. The number of benzene rings is 1. The van der Waals surface area contributed by atoms with Crippen molar-refractivity contribution in [2.75, 3.05) is 26.2 Å². The van der Waals surface area contributed by atoms with Gasteiger partial charge in [-0.15, -0.1) is 0 Å². The second kappa shape index (κ2) is 7.65. The molecule has 1 aromatic carbocycles. The summed E-state index contributed by atoms with van der Waals surface area (Å²) in [5, 5.41) is 0. The molecule has 1 aliphatic rings. The summed E-state index contributed by atoms with van der Waals surface area (Å²) in [7, 11) is 0. The van der Waals surface area contributed by atoms with Gasteiger partial charge in [0.1, 0.15) is 5.75 Å². The Balaban J connectivity index is 2.01. The lowest BCUT2D eigenvalue weighted by Gasteiger charge is -2.30. The molecule has 1 aliphatic carbocycles. The van der Waals surface area contributed by atoms with Crippen LogP contribution < -0.4 is 10.5 Å². The van der Waals surface area contributed by atoms with Crippen molar-refractivity contribution in [1.29, 1.82) is 0 Å². The molecule has 3 nitrogen and oxygen atoms in total. The molecular weight excluding hydrogens is 248 g/mol. The molecule has 1 saturated carbocycles. The average molecular weight is 276 g/mol. The molecule has 0 aromatic heterocycles. The van der Waals surface area contributed by atoms with Gasteiger partial charge in [-0.3, -0.25) is 4.90 Å². The Labute approximate surface area is 123 Å². The number of likely N-dealkylation sites (N-methyl/N-ethyl adjacent to an activating group) is 1. The van der Waals surface area contributed by atoms with E-state index in [-0.39, 0.29) is 0 Å². The first-order chi connectivity index (χ1) is 9.78. The zero-order chi connectivity index (χ0) is 14.4. The summed E-state index contributed by atoms with van der Waals surface area (Å²) in [5.41, 5.74) is 7.33. The smallest absolute Gasteiger partial charge is 0.119 e. The van der Waals surface area contributed by atoms with Crippen molar-refractivity contribution < 1.29 is 4.74 Å². The second-order valence-electron chi connectivity index (χ2n) is 5.70. The minimum Gasteiger partial charge on any atom is -0.494 e. The molecule has 0 heterocycles. The predicted molar refractivity (Wildman–Crippen MR) is 84.0 cm³/mol. The van der Waals surface area contributed by atoms with Gasteiger partial charge in [0.25, 0.3) is 0 Å². The fourth-order valence-electron chi connectivity index (χ4n) is 2.61. The van der Waals surface area contributed by atoms with Gasteiger partial charge in [0.15, 0.2) is 0 Å². The molecule has 0 radical (unpaired) electrons. The summed E-state index contributed by atoms with van der Waals surface area (Å²) < 4.78 is 5.64. The van der Waals surface area contributed by atoms with Crippen molar-refractivity contribution in [3.8, 4) is 5.75 Å². The van der Waals surface area contributed by atoms with E-state index in [1.54, 1.807) is 0 Å². The van der Waals surface area contributed by atoms with Crippen molar-refractivity contribution in [3.05, 3.63) is 29.8 Å². The molecule has 1 fully saturated rings. The number of hydrogen-bond donors (Lipinski definition) is 1. The molecule has 0 saturated heterocycles. The van der Waals surface area contributed by atoms with Gasteiger partial charge in [0.2, 0.25) is 0 Å². The van der Waals surface area contributed by atoms with Gasteiger partial charge in [-0.05, 0) is 49.4 Å². The van der Waals surface area contributed by atoms with Crippen LogP contribution in [0.3, 0.4) is 0 Å². The summed E-state index contributed by atoms with van der Waals surface area (Å²) in [5.74, 6) is 1.85. The molecule has 2 N–H and O–H groups in total. The summed E-state index contributed by atoms with van der Waals surface area (Å²) >= 11 is 0. The van der Waals surface area contributed by atoms with E-state index < -0.39 is 0 Å². The maximum absolute atomic E-state index is 6.02. The molecule has 20 heavy (non-hydrogen) atoms. The fourth-order valence-corrected chi connectivity index (χ4v) is 2.61. The number of hydrogen-bond acceptors (Lipinski definition) is 3. The number of rotatable bonds is 9. The largest absolute Gasteiger partial charge is 0.494 e. The Hall–Kier alpha value is -1.06. The lowest BCUT2D eigenvalue weighted by atomic mass is 10.0. The van der Waals surface area contributed by atoms with Crippen LogP contribution in [0.25, 0.3) is 0 Å². The molecule has 112 valence electrons. The number of nitrogens with zero attached hydrogens (tertiary/aromatic N) is 1. The Morgan fingerprint density at radius 2 is 1.95 bits per heavy atom. The predicted octanol–water partition coefficient (Wildman–Crippen LogP) is 3.21. The minimum atomic E-state index is 0.334. The Kier molecular flexibility index (Phi) is 5.86. The molecule has 0 spiro atoms. The fraction of sp³-hybridized carbons (Fsp3) is 0.647. The zero-order valence-corrected chi connectivity index (χ0v) is 12.8. The van der Waals surface area contributed by atoms with Crippen LogP contribution in [0.15, 0.2) is 24.3 Å². The third-order valence-corrected chi connectivity index (χ3v) is 4.00. The lowest BCUT2D eigenvalue weighted by molar-refractivity contribution is 0.203. The van der Waals surface area contributed by atoms with E-state index in [0.29, 0.717) is 12.6 Å². The first-order valence-electron chi connectivity index (χ1n) is 7.95. The van der Waals surface area contributed by atoms with Crippen LogP contribution in [0.4, 0.5) is 0 Å². The highest BCUT2D eigenvalue weighted by Gasteiger charge is 2.27. The summed E-state index contributed by atoms with van der Waals surface area (Å²) in [6.45, 7) is 8.05. The molecule has 0 amide bonds. The molecule has 1 atom stereocenters. The van der Waals surface area contributed by atoms with Crippen molar-refractivity contribution in [3.63, 3.8) is 0 Å². The van der Waals surface area contributed by atoms with Crippen molar-refractivity contribution in [1.82, 2.24) is 4.90 Å². The highest BCUT2D eigenvalue weighted by molar-refractivity contribution is 5.29. The lowest BCUT2D eigenvalue weighted by Crippen LogP contribution is -2.35. The van der Waals surface area contributed by atoms with Gasteiger partial charge in [0.05, 0.1) is 6.61 Å². The molecule has 3 heteroatoms. The van der Waals surface area contributed by atoms with Gasteiger partial charge in [-0.1, -0.05) is 26.0 Å². The van der Waals surface area contributed by atoms with Crippen LogP contribution in [0, 0.1) is 5.92 Å². The number of nitrogens with two attached hydrogens (primary N) is 1. The molecular formula is C17H28N2O. The van der Waals surface area contributed by atoms with Gasteiger partial charge in [0, 0.05) is 19.1 Å². The highest BCUT2D eigenvalue weighted by atomic mass is 16.5. The monoisotopic (exact) mass is 276 g/mol. The maximum atomic E-state index is 6.02. The Morgan fingerprint density at radius 1 is 1.25 bits per heavy atom. The summed E-state index contributed by atoms with van der Waals surface area (Å²) in [4.78, 5) is 2.51. The van der Waals surface area contributed by atoms with Crippen LogP contribution in [0.5, 0.6) is 5.75 Å². The maximum Gasteiger partial charge on any atom is 0.119 e. The van der Waals surface area contributed by atoms with Gasteiger partial charge >= 0.3 is 0 Å². The number of ether oxygens (including phenoxy) is 1. The molecule has 0 aliphatic heterocycles. The summed E-state index contributed by atoms with van der Waals surface area (Å²) in [6.07, 6.45) is 3.81. The van der Waals surface area contributed by atoms with E-state index in [2.05, 4.69) is 43.0 Å². The standard InChI is InChI=1S/C17H28N2O/c1-3-11-20-16-9-7-15(8-10-16)17(12-18)19(4-2)13-14-5-6-14/h7-10,14,17H,3-6,11-13,18H2,1-2H3. The van der Waals surface area contributed by atoms with Crippen LogP contribution in [0.1, 0.15) is 44.7 Å². The minimum absolute atomic E-state index is 0.334. The average Bonchev–Trinajstić information content (AvgIpc) is 3.30. The third kappa shape index (κ3) is 4.22. The normalized spacial score (nSPS) is 16.4. The molecule has 0 bridgehead atoms. The second-order valence-corrected chi connectivity index (χ2v) is 5.70. The van der Waals surface area contributed by atoms with E-state index in [1.807, 2.05) is 0 Å². The molecule has 1 unspecified atom stereocenters. The first-order valence-corrected chi connectivity index (χ1v) is 7.95. The highest BCUT2D eigenvalue weighted by Crippen LogP contribution is 2.32. The SMILES string of the molecule is CCCOc1ccc(C(CN)N(CC)CC2CC2)cc1. The topological polar surface area (TPSA) is 38.5 Å². The Morgan fingerprint density at radius 3 is 2.45 bits per heavy atom. The van der Waals surface area contributed by atoms with E-state index in [4.69, 9.17) is 10.5 Å². The van der Waals surface area contributed by atoms with Gasteiger partial charge in [-0.25, -0.2) is 0 Å². The first kappa shape index (κ1) is 15.3. The van der Waals surface area contributed by atoms with Crippen LogP contribution in [0.2, 0.25) is 0 Å². The van der Waals surface area contributed by atoms with Gasteiger partial charge in [-0.2, -0.15) is 0 Å².